The SMILES string of the molecule is COc1ccccc1CCN(CC(=O)Nc1ccccc1)S(C)(=O)=O. The molecule has 0 aromatic heterocycles. The quantitative estimate of drug-likeness (QED) is 0.781. The van der Waals surface area contributed by atoms with Crippen LogP contribution in [-0.4, -0.2) is 45.1 Å². The van der Waals surface area contributed by atoms with Crippen LogP contribution in [0.15, 0.2) is 54.6 Å². The number of ether oxygens (including phenoxy) is 1. The number of methoxy groups -OCH3 is 1. The van der Waals surface area contributed by atoms with E-state index in [0.717, 1.165) is 16.1 Å². The Labute approximate surface area is 148 Å². The van der Waals surface area contributed by atoms with Crippen molar-refractivity contribution in [3.63, 3.8) is 0 Å². The van der Waals surface area contributed by atoms with Gasteiger partial charge in [0.1, 0.15) is 5.75 Å². The summed E-state index contributed by atoms with van der Waals surface area (Å²) in [6.07, 6.45) is 1.56. The van der Waals surface area contributed by atoms with E-state index in [1.54, 1.807) is 31.4 Å². The van der Waals surface area contributed by atoms with E-state index in [1.165, 1.54) is 0 Å². The number of benzene rings is 2. The second kappa shape index (κ2) is 8.64. The molecule has 25 heavy (non-hydrogen) atoms. The molecule has 0 radical (unpaired) electrons. The fourth-order valence-corrected chi connectivity index (χ4v) is 3.17. The van der Waals surface area contributed by atoms with Crippen molar-refractivity contribution in [2.45, 2.75) is 6.42 Å². The van der Waals surface area contributed by atoms with E-state index >= 15 is 0 Å². The van der Waals surface area contributed by atoms with Gasteiger partial charge in [-0.2, -0.15) is 4.31 Å². The fourth-order valence-electron chi connectivity index (χ4n) is 2.40. The molecule has 0 atom stereocenters. The van der Waals surface area contributed by atoms with Crippen LogP contribution in [0.3, 0.4) is 0 Å². The molecule has 7 heteroatoms. The summed E-state index contributed by atoms with van der Waals surface area (Å²) >= 11 is 0. The summed E-state index contributed by atoms with van der Waals surface area (Å²) < 4.78 is 30.5. The molecule has 0 unspecified atom stereocenters. The minimum absolute atomic E-state index is 0.196. The Bertz CT molecular complexity index is 807. The number of rotatable bonds is 8. The minimum atomic E-state index is -3.51. The largest absolute Gasteiger partial charge is 0.496 e. The Hall–Kier alpha value is -2.38. The van der Waals surface area contributed by atoms with Crippen LogP contribution in [-0.2, 0) is 21.2 Å². The molecule has 0 heterocycles. The second-order valence-corrected chi connectivity index (χ2v) is 7.56. The van der Waals surface area contributed by atoms with Gasteiger partial charge in [0, 0.05) is 12.2 Å². The predicted molar refractivity (Wildman–Crippen MR) is 98.2 cm³/mol. The van der Waals surface area contributed by atoms with Crippen LogP contribution in [0.4, 0.5) is 5.69 Å². The van der Waals surface area contributed by atoms with Crippen molar-refractivity contribution in [2.75, 3.05) is 31.8 Å². The third kappa shape index (κ3) is 5.88. The lowest BCUT2D eigenvalue weighted by Crippen LogP contribution is -2.38. The summed E-state index contributed by atoms with van der Waals surface area (Å²) in [5, 5.41) is 2.70. The van der Waals surface area contributed by atoms with Gasteiger partial charge < -0.3 is 10.1 Å². The van der Waals surface area contributed by atoms with Gasteiger partial charge in [-0.15, -0.1) is 0 Å². The zero-order chi connectivity index (χ0) is 18.3. The van der Waals surface area contributed by atoms with Gasteiger partial charge >= 0.3 is 0 Å². The first-order chi connectivity index (χ1) is 11.9. The van der Waals surface area contributed by atoms with Crippen LogP contribution in [0.1, 0.15) is 5.56 Å². The van der Waals surface area contributed by atoms with Crippen molar-refractivity contribution in [3.8, 4) is 5.75 Å². The molecular formula is C18H22N2O4S. The van der Waals surface area contributed by atoms with Gasteiger partial charge in [-0.25, -0.2) is 8.42 Å². The second-order valence-electron chi connectivity index (χ2n) is 5.57. The van der Waals surface area contributed by atoms with Gasteiger partial charge in [0.05, 0.1) is 19.9 Å². The van der Waals surface area contributed by atoms with Gasteiger partial charge in [0.25, 0.3) is 0 Å². The smallest absolute Gasteiger partial charge is 0.239 e. The topological polar surface area (TPSA) is 75.7 Å². The average molecular weight is 362 g/mol. The van der Waals surface area contributed by atoms with Crippen molar-refractivity contribution in [1.29, 1.82) is 0 Å². The van der Waals surface area contributed by atoms with E-state index in [4.69, 9.17) is 4.74 Å². The predicted octanol–water partition coefficient (Wildman–Crippen LogP) is 2.14. The molecule has 0 saturated carbocycles. The first-order valence-corrected chi connectivity index (χ1v) is 9.67. The van der Waals surface area contributed by atoms with E-state index in [-0.39, 0.29) is 19.0 Å². The number of nitrogens with zero attached hydrogens (tertiary/aromatic N) is 1. The molecule has 1 N–H and O–H groups in total. The molecule has 0 spiro atoms. The number of amides is 1. The Morgan fingerprint density at radius 3 is 2.36 bits per heavy atom. The number of sulfonamides is 1. The maximum absolute atomic E-state index is 12.2. The normalized spacial score (nSPS) is 11.3. The van der Waals surface area contributed by atoms with Crippen molar-refractivity contribution < 1.29 is 17.9 Å². The summed E-state index contributed by atoms with van der Waals surface area (Å²) in [5.41, 5.74) is 1.52. The average Bonchev–Trinajstić information content (AvgIpc) is 2.58. The standard InChI is InChI=1S/C18H22N2O4S/c1-24-17-11-7-6-8-15(17)12-13-20(25(2,22)23)14-18(21)19-16-9-4-3-5-10-16/h3-11H,12-14H2,1-2H3,(H,19,21). The lowest BCUT2D eigenvalue weighted by molar-refractivity contribution is -0.116. The van der Waals surface area contributed by atoms with Crippen LogP contribution < -0.4 is 10.1 Å². The maximum Gasteiger partial charge on any atom is 0.239 e. The van der Waals surface area contributed by atoms with E-state index in [9.17, 15) is 13.2 Å². The molecule has 0 aliphatic heterocycles. The van der Waals surface area contributed by atoms with Gasteiger partial charge in [0.2, 0.25) is 15.9 Å². The van der Waals surface area contributed by atoms with Gasteiger partial charge in [-0.1, -0.05) is 36.4 Å². The Morgan fingerprint density at radius 1 is 1.08 bits per heavy atom. The van der Waals surface area contributed by atoms with Crippen LogP contribution in [0.25, 0.3) is 0 Å². The molecule has 0 saturated heterocycles. The number of carbonyl (C=O) groups excluding carboxylic acids is 1. The third-order valence-electron chi connectivity index (χ3n) is 3.67. The highest BCUT2D eigenvalue weighted by Crippen LogP contribution is 2.18. The van der Waals surface area contributed by atoms with E-state index in [1.807, 2.05) is 30.3 Å². The van der Waals surface area contributed by atoms with Gasteiger partial charge in [-0.3, -0.25) is 4.79 Å². The molecule has 2 aromatic rings. The fraction of sp³-hybridized carbons (Fsp3) is 0.278. The number of nitrogens with one attached hydrogen (secondary N) is 1. The molecule has 6 nitrogen and oxygen atoms in total. The zero-order valence-electron chi connectivity index (χ0n) is 14.3. The van der Waals surface area contributed by atoms with Crippen molar-refractivity contribution >= 4 is 21.6 Å². The molecule has 1 amide bonds. The van der Waals surface area contributed by atoms with Gasteiger partial charge in [0.15, 0.2) is 0 Å². The molecule has 0 aliphatic rings. The molecule has 2 aromatic carbocycles. The first-order valence-electron chi connectivity index (χ1n) is 7.82. The summed E-state index contributed by atoms with van der Waals surface area (Å²) in [6.45, 7) is -0.0374. The lowest BCUT2D eigenvalue weighted by Gasteiger charge is -2.20. The lowest BCUT2D eigenvalue weighted by atomic mass is 10.1. The molecule has 0 bridgehead atoms. The Kier molecular flexibility index (Phi) is 6.55. The number of hydrogen-bond acceptors (Lipinski definition) is 4. The summed E-state index contributed by atoms with van der Waals surface area (Å²) in [5.74, 6) is 0.321. The van der Waals surface area contributed by atoms with Gasteiger partial charge in [-0.05, 0) is 30.2 Å². The Balaban J connectivity index is 2.03. The number of hydrogen-bond donors (Lipinski definition) is 1. The zero-order valence-corrected chi connectivity index (χ0v) is 15.1. The molecular weight excluding hydrogens is 340 g/mol. The van der Waals surface area contributed by atoms with Crippen molar-refractivity contribution in [1.82, 2.24) is 4.31 Å². The van der Waals surface area contributed by atoms with E-state index < -0.39 is 10.0 Å². The summed E-state index contributed by atoms with van der Waals surface area (Å²) in [6, 6.07) is 16.3. The monoisotopic (exact) mass is 362 g/mol. The van der Waals surface area contributed by atoms with Crippen molar-refractivity contribution in [2.24, 2.45) is 0 Å². The number of para-hydroxylation sites is 2. The summed E-state index contributed by atoms with van der Waals surface area (Å²) in [7, 11) is -1.94. The summed E-state index contributed by atoms with van der Waals surface area (Å²) in [4.78, 5) is 12.2. The highest BCUT2D eigenvalue weighted by Gasteiger charge is 2.20. The van der Waals surface area contributed by atoms with Crippen LogP contribution >= 0.6 is 0 Å². The highest BCUT2D eigenvalue weighted by molar-refractivity contribution is 7.88. The van der Waals surface area contributed by atoms with Crippen LogP contribution in [0.2, 0.25) is 0 Å². The maximum atomic E-state index is 12.2. The molecule has 0 aliphatic carbocycles. The minimum Gasteiger partial charge on any atom is -0.496 e. The third-order valence-corrected chi connectivity index (χ3v) is 4.92. The first kappa shape index (κ1) is 19.0. The van der Waals surface area contributed by atoms with Crippen LogP contribution in [0.5, 0.6) is 5.75 Å². The van der Waals surface area contributed by atoms with E-state index in [0.29, 0.717) is 17.9 Å². The molecule has 134 valence electrons. The van der Waals surface area contributed by atoms with Crippen molar-refractivity contribution in [3.05, 3.63) is 60.2 Å². The highest BCUT2D eigenvalue weighted by atomic mass is 32.2. The molecule has 2 rings (SSSR count). The number of carbonyl (C=O) groups is 1. The Morgan fingerprint density at radius 2 is 1.72 bits per heavy atom. The number of anilines is 1. The molecule has 0 fully saturated rings. The van der Waals surface area contributed by atoms with Crippen LogP contribution in [0, 0.1) is 0 Å². The van der Waals surface area contributed by atoms with E-state index in [2.05, 4.69) is 5.32 Å².